The second kappa shape index (κ2) is 13.1. The molecule has 1 saturated heterocycles. The van der Waals surface area contributed by atoms with Crippen molar-refractivity contribution in [2.75, 3.05) is 52.3 Å². The van der Waals surface area contributed by atoms with Gasteiger partial charge in [-0.3, -0.25) is 4.79 Å². The molecule has 3 unspecified atom stereocenters. The lowest BCUT2D eigenvalue weighted by atomic mass is 9.94. The minimum absolute atomic E-state index is 0.0221. The van der Waals surface area contributed by atoms with Crippen LogP contribution in [-0.4, -0.2) is 69.0 Å². The Morgan fingerprint density at radius 1 is 1.25 bits per heavy atom. The fraction of sp³-hybridized carbons (Fsp3) is 0.586. The van der Waals surface area contributed by atoms with Crippen LogP contribution in [0.25, 0.3) is 0 Å². The van der Waals surface area contributed by atoms with E-state index in [9.17, 15) is 4.79 Å². The van der Waals surface area contributed by atoms with Gasteiger partial charge in [0.1, 0.15) is 18.2 Å². The number of esters is 1. The van der Waals surface area contributed by atoms with Gasteiger partial charge in [0.25, 0.3) is 0 Å². The summed E-state index contributed by atoms with van der Waals surface area (Å²) < 4.78 is 16.2. The third-order valence-electron chi connectivity index (χ3n) is 7.47. The third kappa shape index (κ3) is 7.43. The molecule has 196 valence electrons. The molecule has 1 aromatic carbocycles. The van der Waals surface area contributed by atoms with Crippen molar-refractivity contribution in [1.29, 1.82) is 0 Å². The number of hydrogen-bond donors (Lipinski definition) is 1. The normalized spacial score (nSPS) is 19.2. The van der Waals surface area contributed by atoms with Crippen molar-refractivity contribution >= 4 is 11.8 Å². The van der Waals surface area contributed by atoms with Gasteiger partial charge in [-0.25, -0.2) is 4.98 Å². The van der Waals surface area contributed by atoms with Crippen LogP contribution in [0.5, 0.6) is 5.75 Å². The standard InChI is InChI=1S/C29H41N3O4/c1-21(34-2)20-36-27-8-4-6-24(16-27)25(17-28(33)35-3)19-32-15-13-22(18-32)9-11-26-12-10-23-7-5-14-30-29(23)31-26/h4,6,8,10,12,16,21-22,25H,5,7,9,11,13-15,17-20H2,1-3H3,(H,30,31). The molecule has 0 amide bonds. The lowest BCUT2D eigenvalue weighted by Crippen LogP contribution is -2.28. The molecule has 3 atom stereocenters. The first kappa shape index (κ1) is 26.4. The Morgan fingerprint density at radius 3 is 2.97 bits per heavy atom. The SMILES string of the molecule is COC(=O)CC(CN1CCC(CCc2ccc3c(n2)NCCC3)C1)c1cccc(OCC(C)OC)c1. The fourth-order valence-corrected chi connectivity index (χ4v) is 5.20. The van der Waals surface area contributed by atoms with Gasteiger partial charge >= 0.3 is 5.97 Å². The Hall–Kier alpha value is -2.64. The Bertz CT molecular complexity index is 998. The van der Waals surface area contributed by atoms with Crippen LogP contribution in [0, 0.1) is 5.92 Å². The highest BCUT2D eigenvalue weighted by Gasteiger charge is 2.27. The number of aryl methyl sites for hydroxylation is 2. The highest BCUT2D eigenvalue weighted by molar-refractivity contribution is 5.70. The van der Waals surface area contributed by atoms with E-state index in [1.165, 1.54) is 31.2 Å². The van der Waals surface area contributed by atoms with Gasteiger partial charge in [0, 0.05) is 38.4 Å². The van der Waals surface area contributed by atoms with Crippen molar-refractivity contribution in [3.63, 3.8) is 0 Å². The number of anilines is 1. The molecule has 0 radical (unpaired) electrons. The van der Waals surface area contributed by atoms with E-state index in [1.807, 2.05) is 19.1 Å². The van der Waals surface area contributed by atoms with Crippen molar-refractivity contribution in [2.45, 2.75) is 57.5 Å². The van der Waals surface area contributed by atoms with Gasteiger partial charge in [0.15, 0.2) is 0 Å². The maximum Gasteiger partial charge on any atom is 0.306 e. The topological polar surface area (TPSA) is 72.9 Å². The molecule has 0 aliphatic carbocycles. The van der Waals surface area contributed by atoms with E-state index in [0.717, 1.165) is 62.6 Å². The number of hydrogen-bond acceptors (Lipinski definition) is 7. The number of methoxy groups -OCH3 is 2. The molecule has 0 spiro atoms. The minimum atomic E-state index is -0.179. The van der Waals surface area contributed by atoms with E-state index in [-0.39, 0.29) is 18.0 Å². The van der Waals surface area contributed by atoms with Gasteiger partial charge in [0.2, 0.25) is 0 Å². The predicted molar refractivity (Wildman–Crippen MR) is 142 cm³/mol. The average Bonchev–Trinajstić information content (AvgIpc) is 3.37. The highest BCUT2D eigenvalue weighted by Crippen LogP contribution is 2.29. The first-order valence-electron chi connectivity index (χ1n) is 13.3. The zero-order valence-electron chi connectivity index (χ0n) is 22.0. The molecule has 0 bridgehead atoms. The summed E-state index contributed by atoms with van der Waals surface area (Å²) in [6, 6.07) is 12.5. The number of nitrogens with one attached hydrogen (secondary N) is 1. The molecule has 2 aromatic rings. The van der Waals surface area contributed by atoms with Crippen LogP contribution in [0.15, 0.2) is 36.4 Å². The molecule has 2 aliphatic heterocycles. The first-order chi connectivity index (χ1) is 17.5. The molecule has 1 fully saturated rings. The van der Waals surface area contributed by atoms with Crippen molar-refractivity contribution < 1.29 is 19.0 Å². The lowest BCUT2D eigenvalue weighted by molar-refractivity contribution is -0.141. The summed E-state index contributed by atoms with van der Waals surface area (Å²) in [7, 11) is 3.14. The lowest BCUT2D eigenvalue weighted by Gasteiger charge is -2.24. The summed E-state index contributed by atoms with van der Waals surface area (Å²) in [5.74, 6) is 2.42. The second-order valence-corrected chi connectivity index (χ2v) is 10.2. The summed E-state index contributed by atoms with van der Waals surface area (Å²) in [6.07, 6.45) is 6.04. The number of pyridine rings is 1. The fourth-order valence-electron chi connectivity index (χ4n) is 5.20. The van der Waals surface area contributed by atoms with E-state index in [0.29, 0.717) is 18.9 Å². The molecule has 2 aliphatic rings. The number of carbonyl (C=O) groups excluding carboxylic acids is 1. The van der Waals surface area contributed by atoms with Gasteiger partial charge in [0.05, 0.1) is 19.6 Å². The van der Waals surface area contributed by atoms with Crippen LogP contribution in [0.2, 0.25) is 0 Å². The van der Waals surface area contributed by atoms with Crippen molar-refractivity contribution in [1.82, 2.24) is 9.88 Å². The smallest absolute Gasteiger partial charge is 0.306 e. The average molecular weight is 496 g/mol. The van der Waals surface area contributed by atoms with Crippen LogP contribution in [-0.2, 0) is 27.1 Å². The maximum absolute atomic E-state index is 12.2. The number of fused-ring (bicyclic) bond motifs is 1. The van der Waals surface area contributed by atoms with E-state index >= 15 is 0 Å². The van der Waals surface area contributed by atoms with E-state index in [2.05, 4.69) is 34.5 Å². The number of nitrogens with zero attached hydrogens (tertiary/aromatic N) is 2. The summed E-state index contributed by atoms with van der Waals surface area (Å²) in [5.41, 5.74) is 3.64. The number of carbonyl (C=O) groups is 1. The van der Waals surface area contributed by atoms with Crippen LogP contribution < -0.4 is 10.1 Å². The first-order valence-corrected chi connectivity index (χ1v) is 13.3. The van der Waals surface area contributed by atoms with Gasteiger partial charge in [-0.2, -0.15) is 0 Å². The van der Waals surface area contributed by atoms with Crippen LogP contribution >= 0.6 is 0 Å². The highest BCUT2D eigenvalue weighted by atomic mass is 16.5. The third-order valence-corrected chi connectivity index (χ3v) is 7.47. The summed E-state index contributed by atoms with van der Waals surface area (Å²) in [5, 5.41) is 3.44. The van der Waals surface area contributed by atoms with E-state index in [4.69, 9.17) is 19.2 Å². The number of ether oxygens (including phenoxy) is 3. The molecular formula is C29H41N3O4. The van der Waals surface area contributed by atoms with Crippen molar-refractivity contribution in [3.05, 3.63) is 53.2 Å². The van der Waals surface area contributed by atoms with E-state index in [1.54, 1.807) is 7.11 Å². The number of aromatic nitrogens is 1. The van der Waals surface area contributed by atoms with Crippen LogP contribution in [0.4, 0.5) is 5.82 Å². The Kier molecular flexibility index (Phi) is 9.59. The van der Waals surface area contributed by atoms with Crippen LogP contribution in [0.1, 0.15) is 55.3 Å². The largest absolute Gasteiger partial charge is 0.491 e. The molecule has 0 saturated carbocycles. The van der Waals surface area contributed by atoms with E-state index < -0.39 is 0 Å². The maximum atomic E-state index is 12.2. The zero-order valence-corrected chi connectivity index (χ0v) is 22.0. The molecule has 36 heavy (non-hydrogen) atoms. The quantitative estimate of drug-likeness (QED) is 0.436. The molecule has 7 heteroatoms. The van der Waals surface area contributed by atoms with Gasteiger partial charge in [-0.05, 0) is 80.8 Å². The molecule has 4 rings (SSSR count). The van der Waals surface area contributed by atoms with Gasteiger partial charge in [-0.15, -0.1) is 0 Å². The molecule has 1 N–H and O–H groups in total. The molecular weight excluding hydrogens is 454 g/mol. The Balaban J connectivity index is 1.33. The summed E-state index contributed by atoms with van der Waals surface area (Å²) in [6.45, 7) is 6.45. The number of likely N-dealkylation sites (tertiary alicyclic amines) is 1. The van der Waals surface area contributed by atoms with Gasteiger partial charge < -0.3 is 24.4 Å². The molecule has 3 heterocycles. The summed E-state index contributed by atoms with van der Waals surface area (Å²) in [4.78, 5) is 19.6. The van der Waals surface area contributed by atoms with Crippen LogP contribution in [0.3, 0.4) is 0 Å². The monoisotopic (exact) mass is 495 g/mol. The Morgan fingerprint density at radius 2 is 2.14 bits per heavy atom. The number of rotatable bonds is 12. The van der Waals surface area contributed by atoms with Crippen molar-refractivity contribution in [2.24, 2.45) is 5.92 Å². The molecule has 7 nitrogen and oxygen atoms in total. The zero-order chi connectivity index (χ0) is 25.3. The second-order valence-electron chi connectivity index (χ2n) is 10.2. The Labute approximate surface area is 215 Å². The summed E-state index contributed by atoms with van der Waals surface area (Å²) >= 11 is 0. The van der Waals surface area contributed by atoms with Crippen molar-refractivity contribution in [3.8, 4) is 5.75 Å². The minimum Gasteiger partial charge on any atom is -0.491 e. The molecule has 1 aromatic heterocycles. The van der Waals surface area contributed by atoms with Gasteiger partial charge in [-0.1, -0.05) is 18.2 Å². The predicted octanol–water partition coefficient (Wildman–Crippen LogP) is 4.45. The number of benzene rings is 1.